The molecule has 14 heavy (non-hydrogen) atoms. The summed E-state index contributed by atoms with van der Waals surface area (Å²) in [6.07, 6.45) is 5.57. The number of hydrogen-bond acceptors (Lipinski definition) is 1. The molecule has 0 unspecified atom stereocenters. The minimum atomic E-state index is -0.301. The van der Waals surface area contributed by atoms with Crippen LogP contribution in [0.2, 0.25) is 5.02 Å². The topological polar surface area (TPSA) is 26.0 Å². The third-order valence-corrected chi connectivity index (χ3v) is 2.20. The Kier molecular flexibility index (Phi) is 4.63. The Morgan fingerprint density at radius 2 is 2.14 bits per heavy atom. The summed E-state index contributed by atoms with van der Waals surface area (Å²) >= 11 is 5.84. The molecule has 0 radical (unpaired) electrons. The van der Waals surface area contributed by atoms with E-state index >= 15 is 0 Å². The van der Waals surface area contributed by atoms with E-state index in [2.05, 4.69) is 0 Å². The molecule has 0 aliphatic heterocycles. The molecule has 0 aromatic heterocycles. The molecule has 0 aliphatic rings. The van der Waals surface area contributed by atoms with E-state index < -0.39 is 0 Å². The highest BCUT2D eigenvalue weighted by atomic mass is 35.5. The first-order valence-corrected chi connectivity index (χ1v) is 4.91. The largest absolute Gasteiger partial charge is 0.330 e. The van der Waals surface area contributed by atoms with Gasteiger partial charge in [0.05, 0.1) is 0 Å². The van der Waals surface area contributed by atoms with E-state index in [0.29, 0.717) is 11.6 Å². The lowest BCUT2D eigenvalue weighted by atomic mass is 10.1. The molecule has 0 heterocycles. The quantitative estimate of drug-likeness (QED) is 0.765. The summed E-state index contributed by atoms with van der Waals surface area (Å²) in [5, 5.41) is 0.474. The molecule has 1 nitrogen and oxygen atoms in total. The van der Waals surface area contributed by atoms with Gasteiger partial charge in [-0.25, -0.2) is 4.39 Å². The summed E-state index contributed by atoms with van der Waals surface area (Å²) in [6, 6.07) is 4.44. The Bertz CT molecular complexity index is 323. The van der Waals surface area contributed by atoms with Gasteiger partial charge in [-0.3, -0.25) is 0 Å². The molecule has 1 rings (SSSR count). The van der Waals surface area contributed by atoms with Crippen molar-refractivity contribution in [1.82, 2.24) is 0 Å². The molecule has 0 fully saturated rings. The van der Waals surface area contributed by atoms with Crippen molar-refractivity contribution in [3.63, 3.8) is 0 Å². The summed E-state index contributed by atoms with van der Waals surface area (Å²) in [7, 11) is 0. The van der Waals surface area contributed by atoms with Gasteiger partial charge >= 0.3 is 0 Å². The normalized spacial score (nSPS) is 11.1. The number of benzene rings is 1. The number of allylic oxidation sites excluding steroid dienone is 1. The Morgan fingerprint density at radius 1 is 1.36 bits per heavy atom. The van der Waals surface area contributed by atoms with E-state index in [-0.39, 0.29) is 5.82 Å². The van der Waals surface area contributed by atoms with Crippen LogP contribution in [0.4, 0.5) is 4.39 Å². The zero-order chi connectivity index (χ0) is 10.4. The molecule has 0 atom stereocenters. The molecule has 0 spiro atoms. The van der Waals surface area contributed by atoms with Gasteiger partial charge in [0.2, 0.25) is 0 Å². The zero-order valence-electron chi connectivity index (χ0n) is 7.84. The van der Waals surface area contributed by atoms with Gasteiger partial charge < -0.3 is 5.73 Å². The first kappa shape index (κ1) is 11.2. The number of hydrogen-bond donors (Lipinski definition) is 1. The number of halogens is 2. The van der Waals surface area contributed by atoms with Crippen molar-refractivity contribution >= 4 is 11.6 Å². The average molecular weight is 214 g/mol. The predicted octanol–water partition coefficient (Wildman–Crippen LogP) is 2.93. The molecule has 0 amide bonds. The predicted molar refractivity (Wildman–Crippen MR) is 57.9 cm³/mol. The van der Waals surface area contributed by atoms with Crippen molar-refractivity contribution in [3.05, 3.63) is 46.8 Å². The first-order valence-electron chi connectivity index (χ1n) is 4.53. The van der Waals surface area contributed by atoms with Gasteiger partial charge in [0.25, 0.3) is 0 Å². The van der Waals surface area contributed by atoms with Crippen LogP contribution in [0.15, 0.2) is 30.4 Å². The lowest BCUT2D eigenvalue weighted by Gasteiger charge is -1.99. The van der Waals surface area contributed by atoms with Crippen LogP contribution in [0, 0.1) is 5.82 Å². The highest BCUT2D eigenvalue weighted by molar-refractivity contribution is 6.31. The maximum Gasteiger partial charge on any atom is 0.124 e. The molecule has 0 bridgehead atoms. The van der Waals surface area contributed by atoms with Gasteiger partial charge in [-0.1, -0.05) is 29.8 Å². The van der Waals surface area contributed by atoms with Crippen LogP contribution in [-0.4, -0.2) is 6.54 Å². The second kappa shape index (κ2) is 5.78. The van der Waals surface area contributed by atoms with Crippen molar-refractivity contribution < 1.29 is 4.39 Å². The van der Waals surface area contributed by atoms with Gasteiger partial charge in [-0.2, -0.15) is 0 Å². The van der Waals surface area contributed by atoms with Gasteiger partial charge in [0.1, 0.15) is 5.82 Å². The van der Waals surface area contributed by atoms with E-state index in [9.17, 15) is 4.39 Å². The van der Waals surface area contributed by atoms with Crippen molar-refractivity contribution in [2.24, 2.45) is 5.73 Å². The summed E-state index contributed by atoms with van der Waals surface area (Å²) in [5.74, 6) is -0.301. The standard InChI is InChI=1S/C11H13ClFN/c12-11-8-10(13)6-5-9(11)4-2-1-3-7-14/h1-2,5-6,8H,3-4,7,14H2. The molecule has 0 aliphatic carbocycles. The summed E-state index contributed by atoms with van der Waals surface area (Å²) in [4.78, 5) is 0. The summed E-state index contributed by atoms with van der Waals surface area (Å²) in [5.41, 5.74) is 6.26. The maximum atomic E-state index is 12.7. The van der Waals surface area contributed by atoms with Crippen LogP contribution in [0.5, 0.6) is 0 Å². The highest BCUT2D eigenvalue weighted by Gasteiger charge is 1.99. The van der Waals surface area contributed by atoms with Crippen molar-refractivity contribution in [2.75, 3.05) is 6.54 Å². The van der Waals surface area contributed by atoms with Gasteiger partial charge in [0, 0.05) is 5.02 Å². The second-order valence-corrected chi connectivity index (χ2v) is 3.40. The van der Waals surface area contributed by atoms with Gasteiger partial charge in [-0.15, -0.1) is 0 Å². The van der Waals surface area contributed by atoms with Crippen LogP contribution < -0.4 is 5.73 Å². The first-order chi connectivity index (χ1) is 6.74. The Labute approximate surface area is 88.4 Å². The van der Waals surface area contributed by atoms with Crippen LogP contribution in [0.3, 0.4) is 0 Å². The fraction of sp³-hybridized carbons (Fsp3) is 0.273. The highest BCUT2D eigenvalue weighted by Crippen LogP contribution is 2.17. The van der Waals surface area contributed by atoms with Crippen LogP contribution >= 0.6 is 11.6 Å². The molecule has 0 saturated carbocycles. The second-order valence-electron chi connectivity index (χ2n) is 2.99. The molecular formula is C11H13ClFN. The molecule has 2 N–H and O–H groups in total. The minimum absolute atomic E-state index is 0.301. The lowest BCUT2D eigenvalue weighted by molar-refractivity contribution is 0.627. The fourth-order valence-electron chi connectivity index (χ4n) is 1.11. The van der Waals surface area contributed by atoms with E-state index in [4.69, 9.17) is 17.3 Å². The lowest BCUT2D eigenvalue weighted by Crippen LogP contribution is -1.95. The zero-order valence-corrected chi connectivity index (χ0v) is 8.60. The van der Waals surface area contributed by atoms with E-state index in [0.717, 1.165) is 18.4 Å². The Hall–Kier alpha value is -0.860. The minimum Gasteiger partial charge on any atom is -0.330 e. The molecule has 3 heteroatoms. The number of rotatable bonds is 4. The van der Waals surface area contributed by atoms with Crippen molar-refractivity contribution in [2.45, 2.75) is 12.8 Å². The Morgan fingerprint density at radius 3 is 2.79 bits per heavy atom. The van der Waals surface area contributed by atoms with E-state index in [1.165, 1.54) is 12.1 Å². The molecular weight excluding hydrogens is 201 g/mol. The molecule has 0 saturated heterocycles. The summed E-state index contributed by atoms with van der Waals surface area (Å²) < 4.78 is 12.7. The summed E-state index contributed by atoms with van der Waals surface area (Å²) in [6.45, 7) is 0.646. The molecule has 76 valence electrons. The van der Waals surface area contributed by atoms with Crippen molar-refractivity contribution in [1.29, 1.82) is 0 Å². The van der Waals surface area contributed by atoms with Crippen LogP contribution in [-0.2, 0) is 6.42 Å². The smallest absolute Gasteiger partial charge is 0.124 e. The van der Waals surface area contributed by atoms with Crippen molar-refractivity contribution in [3.8, 4) is 0 Å². The SMILES string of the molecule is NCCC=CCc1ccc(F)cc1Cl. The molecule has 1 aromatic carbocycles. The number of nitrogens with two attached hydrogens (primary N) is 1. The Balaban J connectivity index is 2.59. The maximum absolute atomic E-state index is 12.7. The van der Waals surface area contributed by atoms with Gasteiger partial charge in [0.15, 0.2) is 0 Å². The third-order valence-electron chi connectivity index (χ3n) is 1.85. The van der Waals surface area contributed by atoms with Crippen LogP contribution in [0.25, 0.3) is 0 Å². The average Bonchev–Trinajstić information content (AvgIpc) is 2.15. The van der Waals surface area contributed by atoms with E-state index in [1.807, 2.05) is 12.2 Å². The fourth-order valence-corrected chi connectivity index (χ4v) is 1.36. The monoisotopic (exact) mass is 213 g/mol. The van der Waals surface area contributed by atoms with Gasteiger partial charge in [-0.05, 0) is 37.1 Å². The molecule has 1 aromatic rings. The third kappa shape index (κ3) is 3.48. The van der Waals surface area contributed by atoms with E-state index in [1.54, 1.807) is 6.07 Å². The van der Waals surface area contributed by atoms with Crippen LogP contribution in [0.1, 0.15) is 12.0 Å².